The van der Waals surface area contributed by atoms with Crippen LogP contribution in [0.3, 0.4) is 0 Å². The Bertz CT molecular complexity index is 718. The summed E-state index contributed by atoms with van der Waals surface area (Å²) in [5.74, 6) is 4.61. The van der Waals surface area contributed by atoms with Crippen LogP contribution in [0.4, 0.5) is 11.4 Å². The van der Waals surface area contributed by atoms with Crippen LogP contribution in [0.15, 0.2) is 18.2 Å². The van der Waals surface area contributed by atoms with Crippen LogP contribution in [0.25, 0.3) is 0 Å². The van der Waals surface area contributed by atoms with Gasteiger partial charge in [0.1, 0.15) is 12.6 Å². The van der Waals surface area contributed by atoms with E-state index in [1.54, 1.807) is 37.2 Å². The zero-order chi connectivity index (χ0) is 17.7. The summed E-state index contributed by atoms with van der Waals surface area (Å²) in [6, 6.07) is 4.47. The fraction of sp³-hybridized carbons (Fsp3) is 0.353. The molecule has 1 fully saturated rings. The molecule has 7 nitrogen and oxygen atoms in total. The Morgan fingerprint density at radius 2 is 2.12 bits per heavy atom. The quantitative estimate of drug-likeness (QED) is 0.456. The molecular weight excluding hydrogens is 310 g/mol. The number of aliphatic hydroxyl groups is 1. The maximum atomic E-state index is 12.1. The molecular formula is C17H19N3O4. The fourth-order valence-electron chi connectivity index (χ4n) is 2.69. The number of nitrogens with zero attached hydrogens (tertiary/aromatic N) is 2. The van der Waals surface area contributed by atoms with E-state index in [1.807, 2.05) is 0 Å². The van der Waals surface area contributed by atoms with Crippen molar-refractivity contribution >= 4 is 29.6 Å². The third-order valence-corrected chi connectivity index (χ3v) is 3.70. The minimum Gasteiger partial charge on any atom is -0.384 e. The van der Waals surface area contributed by atoms with Gasteiger partial charge in [-0.25, -0.2) is 0 Å². The Morgan fingerprint density at radius 3 is 2.71 bits per heavy atom. The van der Waals surface area contributed by atoms with Crippen molar-refractivity contribution in [2.45, 2.75) is 18.9 Å². The minimum atomic E-state index is -0.750. The summed E-state index contributed by atoms with van der Waals surface area (Å²) in [5, 5.41) is 11.2. The highest BCUT2D eigenvalue weighted by atomic mass is 16.2. The van der Waals surface area contributed by atoms with Gasteiger partial charge in [-0.1, -0.05) is 17.9 Å². The number of aliphatic hydroxyl groups excluding tert-OH is 1. The number of anilines is 2. The molecule has 24 heavy (non-hydrogen) atoms. The summed E-state index contributed by atoms with van der Waals surface area (Å²) < 4.78 is 0. The van der Waals surface area contributed by atoms with Crippen LogP contribution in [0.5, 0.6) is 0 Å². The maximum absolute atomic E-state index is 12.1. The molecule has 1 aliphatic rings. The van der Waals surface area contributed by atoms with Gasteiger partial charge in [-0.05, 0) is 18.6 Å². The van der Waals surface area contributed by atoms with Crippen molar-refractivity contribution in [1.82, 2.24) is 5.32 Å². The summed E-state index contributed by atoms with van der Waals surface area (Å²) in [7, 11) is 3.60. The Hall–Kier alpha value is -2.85. The Kier molecular flexibility index (Phi) is 5.55. The van der Waals surface area contributed by atoms with Crippen LogP contribution in [-0.2, 0) is 14.4 Å². The number of imide groups is 1. The first-order valence-electron chi connectivity index (χ1n) is 7.47. The molecule has 0 radical (unpaired) electrons. The fourth-order valence-corrected chi connectivity index (χ4v) is 2.69. The van der Waals surface area contributed by atoms with E-state index in [4.69, 9.17) is 5.11 Å². The lowest BCUT2D eigenvalue weighted by Crippen LogP contribution is -2.52. The molecule has 0 saturated carbocycles. The van der Waals surface area contributed by atoms with E-state index in [-0.39, 0.29) is 25.4 Å². The number of benzene rings is 1. The third kappa shape index (κ3) is 3.55. The molecule has 7 heteroatoms. The van der Waals surface area contributed by atoms with Crippen LogP contribution in [0.2, 0.25) is 0 Å². The van der Waals surface area contributed by atoms with E-state index in [1.165, 1.54) is 4.90 Å². The Morgan fingerprint density at radius 1 is 1.38 bits per heavy atom. The van der Waals surface area contributed by atoms with Gasteiger partial charge in [-0.2, -0.15) is 0 Å². The van der Waals surface area contributed by atoms with Crippen molar-refractivity contribution in [3.05, 3.63) is 23.8 Å². The molecule has 1 saturated heterocycles. The van der Waals surface area contributed by atoms with Crippen LogP contribution in [0.1, 0.15) is 18.4 Å². The SMILES string of the molecule is CN(C)c1c(C#CCO)cccc1N(C=O)C1CCC(=O)NC1=O. The number of nitrogens with one attached hydrogen (secondary N) is 1. The standard InChI is InChI=1S/C17H19N3O4/c1-19(2)16-12(6-4-10-21)5-3-7-13(16)20(11-22)14-8-9-15(23)18-17(14)24/h3,5,7,11,14,21H,8-10H2,1-2H3,(H,18,23,24). The highest BCUT2D eigenvalue weighted by Gasteiger charge is 2.33. The Labute approximate surface area is 140 Å². The van der Waals surface area contributed by atoms with E-state index in [9.17, 15) is 14.4 Å². The molecule has 0 aliphatic carbocycles. The molecule has 0 bridgehead atoms. The number of amides is 3. The second-order valence-corrected chi connectivity index (χ2v) is 5.51. The smallest absolute Gasteiger partial charge is 0.249 e. The second-order valence-electron chi connectivity index (χ2n) is 5.51. The Balaban J connectivity index is 2.50. The van der Waals surface area contributed by atoms with Crippen molar-refractivity contribution < 1.29 is 19.5 Å². The average Bonchev–Trinajstić information content (AvgIpc) is 2.55. The highest BCUT2D eigenvalue weighted by molar-refractivity contribution is 6.04. The van der Waals surface area contributed by atoms with Gasteiger partial charge in [0, 0.05) is 20.5 Å². The number of carbonyl (C=O) groups is 3. The zero-order valence-corrected chi connectivity index (χ0v) is 13.6. The first-order valence-corrected chi connectivity index (χ1v) is 7.47. The molecule has 0 aromatic heterocycles. The molecule has 2 rings (SSSR count). The zero-order valence-electron chi connectivity index (χ0n) is 13.6. The normalized spacial score (nSPS) is 16.7. The van der Waals surface area contributed by atoms with Crippen molar-refractivity contribution in [3.63, 3.8) is 0 Å². The van der Waals surface area contributed by atoms with Crippen molar-refractivity contribution in [1.29, 1.82) is 0 Å². The van der Waals surface area contributed by atoms with E-state index >= 15 is 0 Å². The number of hydrogen-bond donors (Lipinski definition) is 2. The predicted molar refractivity (Wildman–Crippen MR) is 89.4 cm³/mol. The lowest BCUT2D eigenvalue weighted by atomic mass is 10.0. The molecule has 1 atom stereocenters. The van der Waals surface area contributed by atoms with Gasteiger partial charge in [0.15, 0.2) is 0 Å². The van der Waals surface area contributed by atoms with Crippen LogP contribution >= 0.6 is 0 Å². The van der Waals surface area contributed by atoms with Crippen molar-refractivity contribution in [3.8, 4) is 11.8 Å². The summed E-state index contributed by atoms with van der Waals surface area (Å²) in [6.45, 7) is -0.276. The first-order chi connectivity index (χ1) is 11.5. The number of piperidine rings is 1. The molecule has 1 aromatic rings. The number of para-hydroxylation sites is 1. The summed E-state index contributed by atoms with van der Waals surface area (Å²) in [5.41, 5.74) is 1.81. The van der Waals surface area contributed by atoms with Crippen LogP contribution < -0.4 is 15.1 Å². The molecule has 1 aromatic carbocycles. The molecule has 1 unspecified atom stereocenters. The van der Waals surface area contributed by atoms with E-state index < -0.39 is 11.9 Å². The average molecular weight is 329 g/mol. The number of rotatable bonds is 4. The van der Waals surface area contributed by atoms with Gasteiger partial charge in [-0.3, -0.25) is 19.7 Å². The molecule has 3 amide bonds. The number of carbonyl (C=O) groups excluding carboxylic acids is 3. The van der Waals surface area contributed by atoms with Crippen molar-refractivity contribution in [2.24, 2.45) is 0 Å². The summed E-state index contributed by atoms with van der Waals surface area (Å²) >= 11 is 0. The van der Waals surface area contributed by atoms with Gasteiger partial charge in [0.25, 0.3) is 0 Å². The van der Waals surface area contributed by atoms with Crippen molar-refractivity contribution in [2.75, 3.05) is 30.5 Å². The van der Waals surface area contributed by atoms with Gasteiger partial charge >= 0.3 is 0 Å². The van der Waals surface area contributed by atoms with Gasteiger partial charge in [0.2, 0.25) is 18.2 Å². The first kappa shape index (κ1) is 17.5. The molecule has 2 N–H and O–H groups in total. The monoisotopic (exact) mass is 329 g/mol. The van der Waals surface area contributed by atoms with Crippen LogP contribution in [-0.4, -0.2) is 50.1 Å². The summed E-state index contributed by atoms with van der Waals surface area (Å²) in [6.07, 6.45) is 1.04. The molecule has 126 valence electrons. The lowest BCUT2D eigenvalue weighted by Gasteiger charge is -2.32. The van der Waals surface area contributed by atoms with Gasteiger partial charge in [0.05, 0.1) is 16.9 Å². The molecule has 1 heterocycles. The maximum Gasteiger partial charge on any atom is 0.249 e. The van der Waals surface area contributed by atoms with E-state index in [2.05, 4.69) is 17.2 Å². The number of hydrogen-bond acceptors (Lipinski definition) is 5. The predicted octanol–water partition coefficient (Wildman–Crippen LogP) is -0.136. The van der Waals surface area contributed by atoms with E-state index in [0.717, 1.165) is 0 Å². The highest BCUT2D eigenvalue weighted by Crippen LogP contribution is 2.33. The molecule has 0 spiro atoms. The topological polar surface area (TPSA) is 89.9 Å². The largest absolute Gasteiger partial charge is 0.384 e. The van der Waals surface area contributed by atoms with Crippen LogP contribution in [0, 0.1) is 11.8 Å². The summed E-state index contributed by atoms with van der Waals surface area (Å²) in [4.78, 5) is 38.2. The lowest BCUT2D eigenvalue weighted by molar-refractivity contribution is -0.134. The van der Waals surface area contributed by atoms with E-state index in [0.29, 0.717) is 23.3 Å². The van der Waals surface area contributed by atoms with Gasteiger partial charge < -0.3 is 14.9 Å². The second kappa shape index (κ2) is 7.62. The van der Waals surface area contributed by atoms with Gasteiger partial charge in [-0.15, -0.1) is 0 Å². The minimum absolute atomic E-state index is 0.183. The third-order valence-electron chi connectivity index (χ3n) is 3.70. The molecule has 1 aliphatic heterocycles.